The minimum atomic E-state index is -1.02. The minimum Gasteiger partial charge on any atom is -0.493 e. The summed E-state index contributed by atoms with van der Waals surface area (Å²) in [7, 11) is 3.16. The van der Waals surface area contributed by atoms with Crippen molar-refractivity contribution in [2.75, 3.05) is 38.4 Å². The second kappa shape index (κ2) is 15.0. The lowest BCUT2D eigenvalue weighted by Crippen LogP contribution is -2.57. The molecule has 0 bridgehead atoms. The third kappa shape index (κ3) is 7.16. The van der Waals surface area contributed by atoms with Crippen LogP contribution in [0.2, 0.25) is 0 Å². The van der Waals surface area contributed by atoms with Crippen molar-refractivity contribution >= 4 is 23.7 Å². The summed E-state index contributed by atoms with van der Waals surface area (Å²) < 4.78 is 31.4. The number of carboxylic acids is 1. The quantitative estimate of drug-likeness (QED) is 0.248. The van der Waals surface area contributed by atoms with Crippen LogP contribution >= 0.6 is 0 Å². The summed E-state index contributed by atoms with van der Waals surface area (Å²) in [4.78, 5) is 42.5. The number of aromatic nitrogens is 1. The zero-order valence-electron chi connectivity index (χ0n) is 26.5. The average Bonchev–Trinajstić information content (AvgIpc) is 3.43. The maximum absolute atomic E-state index is 14.1. The number of hydrogen-bond donors (Lipinski definition) is 2. The minimum absolute atomic E-state index is 0.0191. The zero-order chi connectivity index (χ0) is 32.8. The molecule has 1 aromatic heterocycles. The van der Waals surface area contributed by atoms with Crippen LogP contribution in [-0.2, 0) is 21.3 Å². The summed E-state index contributed by atoms with van der Waals surface area (Å²) in [5, 5.41) is 9.35. The van der Waals surface area contributed by atoms with E-state index in [9.17, 15) is 19.5 Å². The van der Waals surface area contributed by atoms with Crippen LogP contribution in [0.15, 0.2) is 37.1 Å². The van der Waals surface area contributed by atoms with Gasteiger partial charge in [0.25, 0.3) is 5.91 Å². The normalized spacial score (nSPS) is 21.9. The first kappa shape index (κ1) is 33.3. The molecule has 3 N–H and O–H groups in total. The highest BCUT2D eigenvalue weighted by atomic mass is 16.7. The van der Waals surface area contributed by atoms with Crippen LogP contribution in [0.5, 0.6) is 11.5 Å². The Morgan fingerprint density at radius 3 is 2.67 bits per heavy atom. The molecule has 13 nitrogen and oxygen atoms in total. The number of methoxy groups -OCH3 is 1. The highest BCUT2D eigenvalue weighted by molar-refractivity contribution is 6.06. The molecule has 2 aromatic rings. The van der Waals surface area contributed by atoms with Gasteiger partial charge in [0.1, 0.15) is 12.3 Å². The Hall–Kier alpha value is -4.07. The summed E-state index contributed by atoms with van der Waals surface area (Å²) in [5.41, 5.74) is 7.82. The van der Waals surface area contributed by atoms with E-state index in [0.29, 0.717) is 56.0 Å². The number of hydrogen-bond acceptors (Lipinski definition) is 9. The molecule has 3 aliphatic rings. The average molecular weight is 641 g/mol. The number of rotatable bonds is 12. The molecule has 3 unspecified atom stereocenters. The Morgan fingerprint density at radius 2 is 1.98 bits per heavy atom. The van der Waals surface area contributed by atoms with Crippen LogP contribution in [0.1, 0.15) is 83.8 Å². The molecule has 0 saturated carbocycles. The standard InChI is InChI=1S/C33H44N4O9/c1-4-14-45-33(41)37-25-19-28(43-16-9-10-23(34)21-17-26(32(39)40)35(2)20-21)27(42-3)18-22(25)30(38)36-13-7-5-11-24(36)31(37)46-29-12-6-8-15-44-29/h4,17-20,23-24,29,31H,1,5-16,34H2,2-3H3,(H,39,40)/t23?,24-,29?,31?/m0/s1. The number of carboxylic acid groups (broad SMARTS) is 1. The van der Waals surface area contributed by atoms with Crippen molar-refractivity contribution in [3.05, 3.63) is 53.9 Å². The fraction of sp³-hybridized carbons (Fsp3) is 0.545. The molecule has 2 amide bonds. The van der Waals surface area contributed by atoms with Crippen LogP contribution in [0.3, 0.4) is 0 Å². The number of aryl methyl sites for hydroxylation is 1. The molecule has 4 atom stereocenters. The van der Waals surface area contributed by atoms with Gasteiger partial charge in [-0.15, -0.1) is 0 Å². The van der Waals surface area contributed by atoms with E-state index in [0.717, 1.165) is 31.2 Å². The Kier molecular flexibility index (Phi) is 10.9. The van der Waals surface area contributed by atoms with Gasteiger partial charge < -0.3 is 44.0 Å². The molecule has 4 heterocycles. The number of ether oxygens (including phenoxy) is 5. The van der Waals surface area contributed by atoms with Crippen LogP contribution in [0.25, 0.3) is 0 Å². The number of nitrogens with zero attached hydrogens (tertiary/aromatic N) is 3. The summed E-state index contributed by atoms with van der Waals surface area (Å²) in [6.07, 6.45) is 7.15. The van der Waals surface area contributed by atoms with E-state index in [1.54, 1.807) is 36.3 Å². The van der Waals surface area contributed by atoms with Crippen molar-refractivity contribution < 1.29 is 43.2 Å². The SMILES string of the molecule is C=CCOC(=O)N1c2cc(OCCCC(N)c3cc(C(=O)O)n(C)c3)c(OC)cc2C(=O)N2CCCC[C@H]2C1OC1CCCCO1. The van der Waals surface area contributed by atoms with Gasteiger partial charge in [0.05, 0.1) is 31.0 Å². The highest BCUT2D eigenvalue weighted by Gasteiger charge is 2.46. The van der Waals surface area contributed by atoms with Crippen molar-refractivity contribution in [3.63, 3.8) is 0 Å². The van der Waals surface area contributed by atoms with Crippen molar-refractivity contribution in [1.29, 1.82) is 0 Å². The monoisotopic (exact) mass is 640 g/mol. The first-order valence-corrected chi connectivity index (χ1v) is 15.9. The maximum Gasteiger partial charge on any atom is 0.416 e. The number of amides is 2. The van der Waals surface area contributed by atoms with Gasteiger partial charge in [-0.05, 0) is 69.1 Å². The summed E-state index contributed by atoms with van der Waals surface area (Å²) >= 11 is 0. The number of anilines is 1. The number of aromatic carboxylic acids is 1. The molecule has 0 aliphatic carbocycles. The second-order valence-corrected chi connectivity index (χ2v) is 11.8. The first-order valence-electron chi connectivity index (χ1n) is 15.9. The molecule has 2 saturated heterocycles. The molecule has 250 valence electrons. The van der Waals surface area contributed by atoms with Crippen LogP contribution in [-0.4, -0.2) is 84.6 Å². The summed E-state index contributed by atoms with van der Waals surface area (Å²) in [5.74, 6) is -0.565. The van der Waals surface area contributed by atoms with Gasteiger partial charge in [-0.3, -0.25) is 4.79 Å². The molecule has 46 heavy (non-hydrogen) atoms. The number of carbonyl (C=O) groups is 3. The fourth-order valence-corrected chi connectivity index (χ4v) is 6.35. The molecule has 3 aliphatic heterocycles. The molecule has 1 aromatic carbocycles. The Bertz CT molecular complexity index is 1420. The van der Waals surface area contributed by atoms with Gasteiger partial charge >= 0.3 is 12.1 Å². The molecular formula is C33H44N4O9. The van der Waals surface area contributed by atoms with Crippen LogP contribution in [0.4, 0.5) is 10.5 Å². The maximum atomic E-state index is 14.1. The van der Waals surface area contributed by atoms with E-state index < -0.39 is 30.6 Å². The lowest BCUT2D eigenvalue weighted by molar-refractivity contribution is -0.198. The zero-order valence-corrected chi connectivity index (χ0v) is 26.5. The van der Waals surface area contributed by atoms with E-state index >= 15 is 0 Å². The third-order valence-electron chi connectivity index (χ3n) is 8.71. The van der Waals surface area contributed by atoms with Crippen molar-refractivity contribution in [2.24, 2.45) is 12.8 Å². The van der Waals surface area contributed by atoms with Crippen molar-refractivity contribution in [2.45, 2.75) is 76.0 Å². The van der Waals surface area contributed by atoms with E-state index in [2.05, 4.69) is 6.58 Å². The number of nitrogens with two attached hydrogens (primary N) is 1. The third-order valence-corrected chi connectivity index (χ3v) is 8.71. The topological polar surface area (TPSA) is 155 Å². The van der Waals surface area contributed by atoms with Gasteiger partial charge in [-0.25, -0.2) is 14.5 Å². The summed E-state index contributed by atoms with van der Waals surface area (Å²) in [6, 6.07) is 4.02. The number of carbonyl (C=O) groups excluding carboxylic acids is 2. The predicted molar refractivity (Wildman–Crippen MR) is 168 cm³/mol. The van der Waals surface area contributed by atoms with Gasteiger partial charge in [0.2, 0.25) is 0 Å². The Balaban J connectivity index is 1.43. The van der Waals surface area contributed by atoms with Crippen LogP contribution in [0, 0.1) is 0 Å². The van der Waals surface area contributed by atoms with Crippen molar-refractivity contribution in [1.82, 2.24) is 9.47 Å². The van der Waals surface area contributed by atoms with Gasteiger partial charge in [-0.1, -0.05) is 12.7 Å². The first-order chi connectivity index (χ1) is 22.2. The molecule has 13 heteroatoms. The predicted octanol–water partition coefficient (Wildman–Crippen LogP) is 4.60. The van der Waals surface area contributed by atoms with Gasteiger partial charge in [0, 0.05) is 38.5 Å². The molecular weight excluding hydrogens is 596 g/mol. The summed E-state index contributed by atoms with van der Waals surface area (Å²) in [6.45, 7) is 4.99. The molecule has 2 fully saturated rings. The fourth-order valence-electron chi connectivity index (χ4n) is 6.35. The number of fused-ring (bicyclic) bond motifs is 2. The number of benzene rings is 1. The largest absolute Gasteiger partial charge is 0.493 e. The van der Waals surface area contributed by atoms with Gasteiger partial charge in [-0.2, -0.15) is 0 Å². The van der Waals surface area contributed by atoms with E-state index in [-0.39, 0.29) is 36.4 Å². The molecule has 0 spiro atoms. The molecule has 5 rings (SSSR count). The van der Waals surface area contributed by atoms with E-state index in [1.807, 2.05) is 0 Å². The van der Waals surface area contributed by atoms with E-state index in [4.69, 9.17) is 29.4 Å². The lowest BCUT2D eigenvalue weighted by atomic mass is 10.00. The Labute approximate surface area is 268 Å². The Morgan fingerprint density at radius 1 is 1.17 bits per heavy atom. The van der Waals surface area contributed by atoms with Crippen LogP contribution < -0.4 is 20.1 Å². The second-order valence-electron chi connectivity index (χ2n) is 11.8. The van der Waals surface area contributed by atoms with E-state index in [1.165, 1.54) is 22.7 Å². The highest BCUT2D eigenvalue weighted by Crippen LogP contribution is 2.42. The smallest absolute Gasteiger partial charge is 0.416 e. The lowest BCUT2D eigenvalue weighted by Gasteiger charge is -2.42. The number of piperidine rings is 1. The van der Waals surface area contributed by atoms with Crippen molar-refractivity contribution in [3.8, 4) is 11.5 Å². The molecule has 0 radical (unpaired) electrons. The van der Waals surface area contributed by atoms with Gasteiger partial charge in [0.15, 0.2) is 24.0 Å².